The average Bonchev–Trinajstić information content (AvgIpc) is 2.55. The van der Waals surface area contributed by atoms with E-state index in [-0.39, 0.29) is 24.4 Å². The molecule has 6 heteroatoms. The van der Waals surface area contributed by atoms with Crippen molar-refractivity contribution in [2.24, 2.45) is 17.8 Å². The Morgan fingerprint density at radius 3 is 2.26 bits per heavy atom. The number of rotatable bonds is 6. The molecule has 5 rings (SSSR count). The summed E-state index contributed by atoms with van der Waals surface area (Å²) in [4.78, 5) is 12.8. The van der Waals surface area contributed by atoms with Gasteiger partial charge in [-0.15, -0.1) is 0 Å². The second kappa shape index (κ2) is 6.89. The molecule has 0 atom stereocenters. The summed E-state index contributed by atoms with van der Waals surface area (Å²) in [6, 6.07) is 5.38. The van der Waals surface area contributed by atoms with Crippen LogP contribution in [0.5, 0.6) is 0 Å². The Morgan fingerprint density at radius 2 is 1.67 bits per heavy atom. The first-order valence-electron chi connectivity index (χ1n) is 10.1. The van der Waals surface area contributed by atoms with E-state index in [9.17, 15) is 13.2 Å². The molecule has 27 heavy (non-hydrogen) atoms. The second-order valence-corrected chi connectivity index (χ2v) is 10.9. The lowest BCUT2D eigenvalue weighted by Gasteiger charge is -2.56. The van der Waals surface area contributed by atoms with Gasteiger partial charge >= 0.3 is 0 Å². The number of aryl methyl sites for hydroxylation is 2. The van der Waals surface area contributed by atoms with E-state index in [1.807, 2.05) is 19.1 Å². The molecular formula is C21H30N2O3S. The van der Waals surface area contributed by atoms with Crippen molar-refractivity contribution in [1.82, 2.24) is 10.0 Å². The fraction of sp³-hybridized carbons (Fsp3) is 0.667. The van der Waals surface area contributed by atoms with Crippen molar-refractivity contribution in [2.45, 2.75) is 69.2 Å². The van der Waals surface area contributed by atoms with E-state index in [2.05, 4.69) is 10.0 Å². The highest BCUT2D eigenvalue weighted by atomic mass is 32.2. The molecule has 2 N–H and O–H groups in total. The van der Waals surface area contributed by atoms with Crippen LogP contribution in [0.1, 0.15) is 56.1 Å². The zero-order valence-electron chi connectivity index (χ0n) is 16.3. The number of hydrogen-bond acceptors (Lipinski definition) is 3. The Bertz CT molecular complexity index is 812. The molecular weight excluding hydrogens is 360 g/mol. The molecule has 5 nitrogen and oxygen atoms in total. The average molecular weight is 391 g/mol. The molecule has 0 aliphatic heterocycles. The Balaban J connectivity index is 1.33. The van der Waals surface area contributed by atoms with E-state index in [0.29, 0.717) is 10.5 Å². The Hall–Kier alpha value is -1.40. The molecule has 148 valence electrons. The molecule has 0 saturated heterocycles. The van der Waals surface area contributed by atoms with Crippen LogP contribution in [-0.4, -0.2) is 26.4 Å². The quantitative estimate of drug-likeness (QED) is 0.784. The second-order valence-electron chi connectivity index (χ2n) is 9.16. The van der Waals surface area contributed by atoms with Crippen LogP contribution in [0.25, 0.3) is 0 Å². The number of nitrogens with one attached hydrogen (secondary N) is 2. The highest BCUT2D eigenvalue weighted by molar-refractivity contribution is 7.89. The van der Waals surface area contributed by atoms with Crippen LogP contribution in [0.2, 0.25) is 0 Å². The first-order chi connectivity index (χ1) is 12.7. The molecule has 4 fully saturated rings. The van der Waals surface area contributed by atoms with Crippen molar-refractivity contribution in [1.29, 1.82) is 0 Å². The highest BCUT2D eigenvalue weighted by Crippen LogP contribution is 2.55. The van der Waals surface area contributed by atoms with Crippen LogP contribution in [0, 0.1) is 31.6 Å². The van der Waals surface area contributed by atoms with Crippen LogP contribution in [0.15, 0.2) is 23.1 Å². The van der Waals surface area contributed by atoms with Gasteiger partial charge in [-0.25, -0.2) is 13.1 Å². The predicted octanol–water partition coefficient (Wildman–Crippen LogP) is 3.06. The molecule has 4 aliphatic rings. The summed E-state index contributed by atoms with van der Waals surface area (Å²) in [6.45, 7) is 3.79. The van der Waals surface area contributed by atoms with Crippen molar-refractivity contribution in [3.05, 3.63) is 29.3 Å². The Kier molecular flexibility index (Phi) is 4.83. The molecule has 4 aliphatic carbocycles. The largest absolute Gasteiger partial charge is 0.351 e. The summed E-state index contributed by atoms with van der Waals surface area (Å²) >= 11 is 0. The molecule has 4 bridgehead atoms. The normalized spacial score (nSPS) is 31.9. The van der Waals surface area contributed by atoms with Gasteiger partial charge in [-0.1, -0.05) is 12.1 Å². The maximum Gasteiger partial charge on any atom is 0.240 e. The van der Waals surface area contributed by atoms with Crippen LogP contribution >= 0.6 is 0 Å². The number of benzene rings is 1. The summed E-state index contributed by atoms with van der Waals surface area (Å²) in [6.07, 6.45) is 7.53. The van der Waals surface area contributed by atoms with Crippen LogP contribution in [0.4, 0.5) is 0 Å². The topological polar surface area (TPSA) is 75.3 Å². The third-order valence-electron chi connectivity index (χ3n) is 6.72. The Labute approximate surface area is 162 Å². The van der Waals surface area contributed by atoms with E-state index in [0.717, 1.165) is 42.6 Å². The van der Waals surface area contributed by atoms with Crippen LogP contribution in [-0.2, 0) is 14.8 Å². The fourth-order valence-electron chi connectivity index (χ4n) is 6.00. The van der Waals surface area contributed by atoms with Gasteiger partial charge in [-0.3, -0.25) is 4.79 Å². The molecule has 0 spiro atoms. The third-order valence-corrected chi connectivity index (χ3v) is 8.32. The number of amides is 1. The first-order valence-corrected chi connectivity index (χ1v) is 11.6. The smallest absolute Gasteiger partial charge is 0.240 e. The molecule has 0 unspecified atom stereocenters. The van der Waals surface area contributed by atoms with Crippen molar-refractivity contribution < 1.29 is 13.2 Å². The van der Waals surface area contributed by atoms with Gasteiger partial charge in [0.2, 0.25) is 15.9 Å². The maximum absolute atomic E-state index is 12.6. The first kappa shape index (κ1) is 18.9. The molecule has 1 aromatic carbocycles. The summed E-state index contributed by atoms with van der Waals surface area (Å²) in [5.74, 6) is 2.30. The van der Waals surface area contributed by atoms with Gasteiger partial charge in [-0.2, -0.15) is 0 Å². The number of hydrogen-bond donors (Lipinski definition) is 2. The van der Waals surface area contributed by atoms with Crippen molar-refractivity contribution in [2.75, 3.05) is 6.54 Å². The van der Waals surface area contributed by atoms with Gasteiger partial charge in [0, 0.05) is 18.5 Å². The van der Waals surface area contributed by atoms with Gasteiger partial charge in [0.25, 0.3) is 0 Å². The van der Waals surface area contributed by atoms with Gasteiger partial charge in [0.15, 0.2) is 0 Å². The van der Waals surface area contributed by atoms with Crippen molar-refractivity contribution in [3.63, 3.8) is 0 Å². The molecule has 1 aromatic rings. The number of carbonyl (C=O) groups is 1. The lowest BCUT2D eigenvalue weighted by Crippen LogP contribution is -2.60. The summed E-state index contributed by atoms with van der Waals surface area (Å²) in [5.41, 5.74) is 1.60. The monoisotopic (exact) mass is 390 g/mol. The van der Waals surface area contributed by atoms with E-state index < -0.39 is 10.0 Å². The molecule has 0 heterocycles. The minimum Gasteiger partial charge on any atom is -0.351 e. The molecule has 0 aromatic heterocycles. The summed E-state index contributed by atoms with van der Waals surface area (Å²) < 4.78 is 27.7. The van der Waals surface area contributed by atoms with E-state index >= 15 is 0 Å². The predicted molar refractivity (Wildman–Crippen MR) is 105 cm³/mol. The minimum absolute atomic E-state index is 0.0160. The lowest BCUT2D eigenvalue weighted by atomic mass is 9.53. The SMILES string of the molecule is Cc1ccc(C)c(S(=O)(=O)NCCC(=O)NC23CC4CC(CC(C4)C2)C3)c1. The van der Waals surface area contributed by atoms with Crippen LogP contribution < -0.4 is 10.0 Å². The summed E-state index contributed by atoms with van der Waals surface area (Å²) in [7, 11) is -3.59. The van der Waals surface area contributed by atoms with E-state index in [1.54, 1.807) is 13.0 Å². The number of carbonyl (C=O) groups excluding carboxylic acids is 1. The van der Waals surface area contributed by atoms with Gasteiger partial charge in [0.1, 0.15) is 0 Å². The van der Waals surface area contributed by atoms with Crippen molar-refractivity contribution in [3.8, 4) is 0 Å². The van der Waals surface area contributed by atoms with Gasteiger partial charge in [-0.05, 0) is 87.3 Å². The standard InChI is InChI=1S/C21H30N2O3S/c1-14-3-4-15(2)19(7-14)27(25,26)22-6-5-20(24)23-21-11-16-8-17(12-21)10-18(9-16)13-21/h3-4,7,16-18,22H,5-6,8-13H2,1-2H3,(H,23,24). The zero-order valence-corrected chi connectivity index (χ0v) is 17.1. The highest BCUT2D eigenvalue weighted by Gasteiger charge is 2.51. The van der Waals surface area contributed by atoms with Gasteiger partial charge < -0.3 is 5.32 Å². The number of sulfonamides is 1. The third kappa shape index (κ3) is 3.92. The van der Waals surface area contributed by atoms with Gasteiger partial charge in [0.05, 0.1) is 4.90 Å². The van der Waals surface area contributed by atoms with E-state index in [4.69, 9.17) is 0 Å². The Morgan fingerprint density at radius 1 is 1.07 bits per heavy atom. The van der Waals surface area contributed by atoms with Crippen LogP contribution in [0.3, 0.4) is 0 Å². The lowest BCUT2D eigenvalue weighted by molar-refractivity contribution is -0.126. The fourth-order valence-corrected chi connectivity index (χ4v) is 7.35. The minimum atomic E-state index is -3.59. The molecule has 1 amide bonds. The molecule has 0 radical (unpaired) electrons. The summed E-state index contributed by atoms with van der Waals surface area (Å²) in [5, 5.41) is 3.30. The van der Waals surface area contributed by atoms with Crippen molar-refractivity contribution >= 4 is 15.9 Å². The van der Waals surface area contributed by atoms with E-state index in [1.165, 1.54) is 19.3 Å². The zero-order chi connectivity index (χ0) is 19.2. The molecule has 4 saturated carbocycles. The maximum atomic E-state index is 12.6.